The molecule has 0 radical (unpaired) electrons. The number of hydrogen-bond acceptors (Lipinski definition) is 3. The lowest BCUT2D eigenvalue weighted by Gasteiger charge is -2.08. The Morgan fingerprint density at radius 1 is 1.54 bits per heavy atom. The van der Waals surface area contributed by atoms with Crippen molar-refractivity contribution in [3.63, 3.8) is 0 Å². The molecular weight excluding hydrogens is 244 g/mol. The molecule has 0 aliphatic rings. The zero-order chi connectivity index (χ0) is 10.0. The molecule has 1 heterocycles. The van der Waals surface area contributed by atoms with Crippen LogP contribution < -0.4 is 11.5 Å². The molecule has 6 heteroatoms. The Morgan fingerprint density at radius 3 is 2.54 bits per heavy atom. The summed E-state index contributed by atoms with van der Waals surface area (Å²) in [5.41, 5.74) is 10.9. The molecule has 1 aromatic rings. The van der Waals surface area contributed by atoms with Gasteiger partial charge in [0.05, 0.1) is 11.3 Å². The molecule has 0 amide bonds. The lowest BCUT2D eigenvalue weighted by Crippen LogP contribution is -2.05. The SMILES string of the molecule is NCc1cc(N)c(C(F)F)c(Br)n1. The van der Waals surface area contributed by atoms with Crippen LogP contribution in [0.25, 0.3) is 0 Å². The summed E-state index contributed by atoms with van der Waals surface area (Å²) in [4.78, 5) is 3.81. The van der Waals surface area contributed by atoms with Crippen molar-refractivity contribution in [3.05, 3.63) is 21.9 Å². The summed E-state index contributed by atoms with van der Waals surface area (Å²) in [6.07, 6.45) is -2.63. The molecule has 72 valence electrons. The molecule has 0 unspecified atom stereocenters. The lowest BCUT2D eigenvalue weighted by molar-refractivity contribution is 0.151. The average molecular weight is 252 g/mol. The van der Waals surface area contributed by atoms with Crippen molar-refractivity contribution in [3.8, 4) is 0 Å². The highest BCUT2D eigenvalue weighted by Gasteiger charge is 2.17. The summed E-state index contributed by atoms with van der Waals surface area (Å²) in [5, 5.41) is 0. The molecule has 13 heavy (non-hydrogen) atoms. The van der Waals surface area contributed by atoms with E-state index in [1.165, 1.54) is 6.07 Å². The van der Waals surface area contributed by atoms with Crippen LogP contribution in [0.1, 0.15) is 17.7 Å². The van der Waals surface area contributed by atoms with Crippen LogP contribution in [0.15, 0.2) is 10.7 Å². The standard InChI is InChI=1S/C7H8BrF2N3/c8-6-5(7(9)10)4(12)1-3(2-11)13-6/h1,7H,2,11H2,(H2,12,13). The summed E-state index contributed by atoms with van der Waals surface area (Å²) in [5.74, 6) is 0. The largest absolute Gasteiger partial charge is 0.398 e. The number of nitrogen functional groups attached to an aromatic ring is 1. The van der Waals surface area contributed by atoms with E-state index in [9.17, 15) is 8.78 Å². The average Bonchev–Trinajstić information content (AvgIpc) is 2.02. The van der Waals surface area contributed by atoms with Gasteiger partial charge in [-0.25, -0.2) is 13.8 Å². The molecule has 0 bridgehead atoms. The van der Waals surface area contributed by atoms with E-state index in [0.717, 1.165) is 0 Å². The first-order chi connectivity index (χ1) is 6.06. The molecule has 0 saturated heterocycles. The van der Waals surface area contributed by atoms with Crippen LogP contribution in [-0.2, 0) is 6.54 Å². The minimum absolute atomic E-state index is 0.0114. The first kappa shape index (κ1) is 10.3. The number of pyridine rings is 1. The van der Waals surface area contributed by atoms with Crippen molar-refractivity contribution in [1.29, 1.82) is 0 Å². The third kappa shape index (κ3) is 2.13. The van der Waals surface area contributed by atoms with Crippen LogP contribution in [0, 0.1) is 0 Å². The highest BCUT2D eigenvalue weighted by Crippen LogP contribution is 2.31. The van der Waals surface area contributed by atoms with Crippen LogP contribution in [-0.4, -0.2) is 4.98 Å². The fourth-order valence-corrected chi connectivity index (χ4v) is 1.55. The topological polar surface area (TPSA) is 64.9 Å². The van der Waals surface area contributed by atoms with Gasteiger partial charge >= 0.3 is 0 Å². The molecule has 0 spiro atoms. The van der Waals surface area contributed by atoms with Crippen molar-refractivity contribution >= 4 is 21.6 Å². The number of aromatic nitrogens is 1. The Morgan fingerprint density at radius 2 is 2.15 bits per heavy atom. The van der Waals surface area contributed by atoms with E-state index >= 15 is 0 Å². The Bertz CT molecular complexity index is 294. The van der Waals surface area contributed by atoms with Crippen LogP contribution in [0.5, 0.6) is 0 Å². The van der Waals surface area contributed by atoms with Crippen LogP contribution >= 0.6 is 15.9 Å². The van der Waals surface area contributed by atoms with Crippen molar-refractivity contribution in [2.24, 2.45) is 5.73 Å². The van der Waals surface area contributed by atoms with Crippen molar-refractivity contribution < 1.29 is 8.78 Å². The highest BCUT2D eigenvalue weighted by molar-refractivity contribution is 9.10. The van der Waals surface area contributed by atoms with Gasteiger partial charge in [-0.3, -0.25) is 0 Å². The monoisotopic (exact) mass is 251 g/mol. The number of hydrogen-bond donors (Lipinski definition) is 2. The zero-order valence-corrected chi connectivity index (χ0v) is 8.18. The van der Waals surface area contributed by atoms with Gasteiger partial charge in [0, 0.05) is 12.2 Å². The molecule has 3 nitrogen and oxygen atoms in total. The molecule has 0 atom stereocenters. The Labute approximate surface area is 82.3 Å². The predicted octanol–water partition coefficient (Wildman–Crippen LogP) is 1.82. The lowest BCUT2D eigenvalue weighted by atomic mass is 10.2. The van der Waals surface area contributed by atoms with Crippen molar-refractivity contribution in [2.45, 2.75) is 13.0 Å². The van der Waals surface area contributed by atoms with E-state index in [1.54, 1.807) is 0 Å². The first-order valence-electron chi connectivity index (χ1n) is 3.49. The molecule has 0 saturated carbocycles. The highest BCUT2D eigenvalue weighted by atomic mass is 79.9. The maximum absolute atomic E-state index is 12.3. The first-order valence-corrected chi connectivity index (χ1v) is 4.28. The molecule has 0 fully saturated rings. The van der Waals surface area contributed by atoms with Gasteiger partial charge in [0.1, 0.15) is 4.60 Å². The second-order valence-electron chi connectivity index (χ2n) is 2.41. The molecule has 4 N–H and O–H groups in total. The number of nitrogens with zero attached hydrogens (tertiary/aromatic N) is 1. The van der Waals surface area contributed by atoms with Gasteiger partial charge in [0.25, 0.3) is 6.43 Å². The Hall–Kier alpha value is -0.750. The second-order valence-corrected chi connectivity index (χ2v) is 3.16. The van der Waals surface area contributed by atoms with Gasteiger partial charge in [-0.1, -0.05) is 0 Å². The normalized spacial score (nSPS) is 10.8. The summed E-state index contributed by atoms with van der Waals surface area (Å²) in [6, 6.07) is 1.35. The molecule has 0 aliphatic heterocycles. The van der Waals surface area contributed by atoms with Gasteiger partial charge in [-0.2, -0.15) is 0 Å². The smallest absolute Gasteiger partial charge is 0.268 e. The van der Waals surface area contributed by atoms with Gasteiger partial charge < -0.3 is 11.5 Å². The van der Waals surface area contributed by atoms with Gasteiger partial charge in [-0.15, -0.1) is 0 Å². The third-order valence-electron chi connectivity index (χ3n) is 1.52. The minimum atomic E-state index is -2.63. The number of alkyl halides is 2. The summed E-state index contributed by atoms with van der Waals surface area (Å²) in [6.45, 7) is 0.173. The van der Waals surface area contributed by atoms with E-state index in [1.807, 2.05) is 0 Å². The number of nitrogens with two attached hydrogens (primary N) is 2. The van der Waals surface area contributed by atoms with Crippen LogP contribution in [0.3, 0.4) is 0 Å². The van der Waals surface area contributed by atoms with Crippen molar-refractivity contribution in [1.82, 2.24) is 4.98 Å². The maximum atomic E-state index is 12.3. The van der Waals surface area contributed by atoms with Gasteiger partial charge in [0.2, 0.25) is 0 Å². The fraction of sp³-hybridized carbons (Fsp3) is 0.286. The second kappa shape index (κ2) is 3.97. The Balaban J connectivity index is 3.23. The fourth-order valence-electron chi connectivity index (χ4n) is 0.916. The summed E-state index contributed by atoms with van der Waals surface area (Å²) in [7, 11) is 0. The van der Waals surface area contributed by atoms with E-state index in [0.29, 0.717) is 5.69 Å². The minimum Gasteiger partial charge on any atom is -0.398 e. The number of halogens is 3. The van der Waals surface area contributed by atoms with Crippen LogP contribution in [0.2, 0.25) is 0 Å². The van der Waals surface area contributed by atoms with Gasteiger partial charge in [-0.05, 0) is 22.0 Å². The van der Waals surface area contributed by atoms with E-state index < -0.39 is 6.43 Å². The summed E-state index contributed by atoms with van der Waals surface area (Å²) < 4.78 is 24.7. The van der Waals surface area contributed by atoms with E-state index in [-0.39, 0.29) is 22.4 Å². The quantitative estimate of drug-likeness (QED) is 0.789. The Kier molecular flexibility index (Phi) is 3.16. The predicted molar refractivity (Wildman–Crippen MR) is 49.2 cm³/mol. The molecule has 0 aliphatic carbocycles. The molecule has 0 aromatic carbocycles. The zero-order valence-electron chi connectivity index (χ0n) is 6.60. The van der Waals surface area contributed by atoms with Crippen molar-refractivity contribution in [2.75, 3.05) is 5.73 Å². The van der Waals surface area contributed by atoms with E-state index in [4.69, 9.17) is 11.5 Å². The number of anilines is 1. The van der Waals surface area contributed by atoms with Gasteiger partial charge in [0.15, 0.2) is 0 Å². The molecule has 1 aromatic heterocycles. The van der Waals surface area contributed by atoms with E-state index in [2.05, 4.69) is 20.9 Å². The third-order valence-corrected chi connectivity index (χ3v) is 2.13. The van der Waals surface area contributed by atoms with Crippen LogP contribution in [0.4, 0.5) is 14.5 Å². The number of rotatable bonds is 2. The molecular formula is C7H8BrF2N3. The molecule has 1 rings (SSSR count). The summed E-state index contributed by atoms with van der Waals surface area (Å²) >= 11 is 2.91. The maximum Gasteiger partial charge on any atom is 0.268 e.